The third-order valence-electron chi connectivity index (χ3n) is 19.3. The highest BCUT2D eigenvalue weighted by Gasteiger charge is 2.36. The number of nitrogens with zero attached hydrogens (tertiary/aromatic N) is 2. The van der Waals surface area contributed by atoms with Crippen molar-refractivity contribution < 1.29 is 0 Å². The van der Waals surface area contributed by atoms with Crippen LogP contribution in [0.3, 0.4) is 0 Å². The van der Waals surface area contributed by atoms with Crippen LogP contribution in [-0.2, 0) is 5.41 Å². The molecule has 2 heteroatoms. The quantitative estimate of drug-likeness (QED) is 0.126. The Morgan fingerprint density at radius 3 is 1.07 bits per heavy atom. The fourth-order valence-corrected chi connectivity index (χ4v) is 14.8. The summed E-state index contributed by atoms with van der Waals surface area (Å²) in [4.78, 5) is 5.00. The van der Waals surface area contributed by atoms with Crippen molar-refractivity contribution in [1.82, 2.24) is 0 Å². The summed E-state index contributed by atoms with van der Waals surface area (Å²) < 4.78 is 0. The van der Waals surface area contributed by atoms with Crippen molar-refractivity contribution in [2.45, 2.75) is 26.2 Å². The van der Waals surface area contributed by atoms with E-state index in [1.807, 2.05) is 0 Å². The average molecular weight is 1150 g/mol. The molecule has 0 aromatic heterocycles. The molecule has 0 spiro atoms. The first-order chi connectivity index (χ1) is 44.3. The Morgan fingerprint density at radius 2 is 0.600 bits per heavy atom. The monoisotopic (exact) mass is 1150 g/mol. The van der Waals surface area contributed by atoms with Gasteiger partial charge in [0, 0.05) is 39.5 Å². The molecule has 0 N–H and O–H groups in total. The predicted octanol–water partition coefficient (Wildman–Crippen LogP) is 24.8. The Morgan fingerprint density at radius 1 is 0.233 bits per heavy atom. The van der Waals surface area contributed by atoms with Gasteiger partial charge in [-0.05, 0) is 229 Å². The second-order valence-electron chi connectivity index (χ2n) is 24.9. The van der Waals surface area contributed by atoms with Crippen LogP contribution in [0.2, 0.25) is 0 Å². The maximum atomic E-state index is 2.51. The van der Waals surface area contributed by atoms with E-state index >= 15 is 0 Å². The SMILES string of the molecule is Cc1c2c3c(cccc3c3cc(N(c4cc(-c5ccccc5)cc(-c5ccccc5)c4)c4ccc5ccc6ccccc6c5c4)ccc13)C(C)(C)c1cc(N(c3cc(-c4ccccc4)cc(-c4ccccc4)c3)c3ccc4ccc5ccccc5c4c3)ccc1-2. The van der Waals surface area contributed by atoms with Crippen LogP contribution in [0, 0.1) is 6.92 Å². The second kappa shape index (κ2) is 21.2. The molecule has 0 saturated carbocycles. The van der Waals surface area contributed by atoms with Gasteiger partial charge >= 0.3 is 0 Å². The molecule has 1 aliphatic carbocycles. The molecular weight excluding hydrogens is 1080 g/mol. The molecule has 0 aliphatic heterocycles. The van der Waals surface area contributed by atoms with Crippen molar-refractivity contribution in [2.24, 2.45) is 0 Å². The van der Waals surface area contributed by atoms with E-state index < -0.39 is 0 Å². The Balaban J connectivity index is 0.870. The topological polar surface area (TPSA) is 6.48 Å². The molecule has 0 fully saturated rings. The van der Waals surface area contributed by atoms with Crippen LogP contribution in [0.15, 0.2) is 322 Å². The number of benzene rings is 16. The van der Waals surface area contributed by atoms with E-state index in [4.69, 9.17) is 0 Å². The second-order valence-corrected chi connectivity index (χ2v) is 24.9. The van der Waals surface area contributed by atoms with E-state index in [1.54, 1.807) is 0 Å². The standard InChI is InChI=1S/C88H62N2/c1-57-76-45-43-72(89(70-41-39-64-37-35-62-29-16-18-31-77(62)81(64)53-70)74-49-66(58-21-8-4-9-22-58)47-67(50-74)59-23-10-5-11-24-59)55-83(76)79-33-20-34-84-87(79)86(57)80-46-44-73(56-85(80)88(84,2)3)90(71-42-40-65-38-36-63-30-17-19-32-78(63)82(65)54-71)75-51-68(60-25-12-6-13-26-60)48-69(52-75)61-27-14-7-15-28-61/h4-56H,1-3H3. The lowest BCUT2D eigenvalue weighted by atomic mass is 9.67. The lowest BCUT2D eigenvalue weighted by molar-refractivity contribution is 0.645. The highest BCUT2D eigenvalue weighted by Crippen LogP contribution is 2.55. The highest BCUT2D eigenvalue weighted by atomic mass is 15.1. The van der Waals surface area contributed by atoms with Gasteiger partial charge in [-0.3, -0.25) is 0 Å². The molecule has 0 atom stereocenters. The summed E-state index contributed by atoms with van der Waals surface area (Å²) >= 11 is 0. The van der Waals surface area contributed by atoms with Gasteiger partial charge < -0.3 is 9.80 Å². The molecule has 16 aromatic rings. The highest BCUT2D eigenvalue weighted by molar-refractivity contribution is 6.20. The van der Waals surface area contributed by atoms with Crippen LogP contribution < -0.4 is 9.80 Å². The van der Waals surface area contributed by atoms with Crippen LogP contribution in [0.5, 0.6) is 0 Å². The van der Waals surface area contributed by atoms with Crippen LogP contribution in [0.25, 0.3) is 120 Å². The minimum atomic E-state index is -0.381. The Labute approximate surface area is 525 Å². The Kier molecular flexibility index (Phi) is 12.5. The number of rotatable bonds is 10. The molecular formula is C88H62N2. The summed E-state index contributed by atoms with van der Waals surface area (Å²) in [5.74, 6) is 0. The average Bonchev–Trinajstić information content (AvgIpc) is 0.707. The number of hydrogen-bond acceptors (Lipinski definition) is 2. The largest absolute Gasteiger partial charge is 0.310 e. The summed E-state index contributed by atoms with van der Waals surface area (Å²) in [6, 6.07) is 120. The molecule has 16 aromatic carbocycles. The van der Waals surface area contributed by atoms with Crippen molar-refractivity contribution in [1.29, 1.82) is 0 Å². The fourth-order valence-electron chi connectivity index (χ4n) is 14.8. The summed E-state index contributed by atoms with van der Waals surface area (Å²) in [5.41, 5.74) is 22.1. The minimum absolute atomic E-state index is 0.381. The zero-order valence-electron chi connectivity index (χ0n) is 50.5. The lowest BCUT2D eigenvalue weighted by Crippen LogP contribution is -2.25. The third kappa shape index (κ3) is 8.86. The Hall–Kier alpha value is -11.3. The predicted molar refractivity (Wildman–Crippen MR) is 385 cm³/mol. The smallest absolute Gasteiger partial charge is 0.0473 e. The molecule has 424 valence electrons. The first kappa shape index (κ1) is 53.0. The fraction of sp³-hybridized carbons (Fsp3) is 0.0455. The van der Waals surface area contributed by atoms with Crippen LogP contribution in [-0.4, -0.2) is 0 Å². The summed E-state index contributed by atoms with van der Waals surface area (Å²) in [5, 5.41) is 14.9. The molecule has 0 bridgehead atoms. The Bertz CT molecular complexity index is 5400. The van der Waals surface area contributed by atoms with Gasteiger partial charge in [-0.15, -0.1) is 0 Å². The molecule has 0 unspecified atom stereocenters. The third-order valence-corrected chi connectivity index (χ3v) is 19.3. The molecule has 2 nitrogen and oxygen atoms in total. The van der Waals surface area contributed by atoms with Crippen molar-refractivity contribution >= 4 is 98.8 Å². The summed E-state index contributed by atoms with van der Waals surface area (Å²) in [6.07, 6.45) is 0. The first-order valence-corrected chi connectivity index (χ1v) is 31.4. The summed E-state index contributed by atoms with van der Waals surface area (Å²) in [7, 11) is 0. The van der Waals surface area contributed by atoms with Crippen molar-refractivity contribution in [3.8, 4) is 55.6 Å². The minimum Gasteiger partial charge on any atom is -0.310 e. The molecule has 0 amide bonds. The molecule has 0 heterocycles. The van der Waals surface area contributed by atoms with Gasteiger partial charge in [0.25, 0.3) is 0 Å². The zero-order chi connectivity index (χ0) is 60.0. The van der Waals surface area contributed by atoms with Gasteiger partial charge in [0.1, 0.15) is 0 Å². The van der Waals surface area contributed by atoms with Crippen LogP contribution in [0.1, 0.15) is 30.5 Å². The maximum Gasteiger partial charge on any atom is 0.0473 e. The molecule has 0 radical (unpaired) electrons. The first-order valence-electron chi connectivity index (χ1n) is 31.4. The molecule has 90 heavy (non-hydrogen) atoms. The van der Waals surface area contributed by atoms with Gasteiger partial charge in [0.2, 0.25) is 0 Å². The number of fused-ring (bicyclic) bond motifs is 10. The van der Waals surface area contributed by atoms with E-state index in [9.17, 15) is 0 Å². The van der Waals surface area contributed by atoms with Crippen LogP contribution in [0.4, 0.5) is 34.1 Å². The molecule has 17 rings (SSSR count). The van der Waals surface area contributed by atoms with Gasteiger partial charge in [0.15, 0.2) is 0 Å². The van der Waals surface area contributed by atoms with Crippen molar-refractivity contribution in [3.63, 3.8) is 0 Å². The van der Waals surface area contributed by atoms with Crippen LogP contribution >= 0.6 is 0 Å². The van der Waals surface area contributed by atoms with Gasteiger partial charge in [-0.25, -0.2) is 0 Å². The number of anilines is 6. The zero-order valence-corrected chi connectivity index (χ0v) is 50.5. The van der Waals surface area contributed by atoms with Crippen molar-refractivity contribution in [2.75, 3.05) is 9.80 Å². The molecule has 0 saturated heterocycles. The van der Waals surface area contributed by atoms with Gasteiger partial charge in [-0.1, -0.05) is 250 Å². The van der Waals surface area contributed by atoms with E-state index in [0.29, 0.717) is 0 Å². The van der Waals surface area contributed by atoms with E-state index in [2.05, 4.69) is 352 Å². The number of aryl methyl sites for hydroxylation is 1. The molecule has 1 aliphatic rings. The summed E-state index contributed by atoms with van der Waals surface area (Å²) in [6.45, 7) is 7.24. The maximum absolute atomic E-state index is 2.51. The normalized spacial score (nSPS) is 12.5. The number of hydrogen-bond donors (Lipinski definition) is 0. The van der Waals surface area contributed by atoms with Crippen molar-refractivity contribution in [3.05, 3.63) is 338 Å². The van der Waals surface area contributed by atoms with E-state index in [0.717, 1.165) is 45.3 Å². The lowest BCUT2D eigenvalue weighted by Gasteiger charge is -2.38. The van der Waals surface area contributed by atoms with E-state index in [1.165, 1.54) is 126 Å². The van der Waals surface area contributed by atoms with Gasteiger partial charge in [-0.2, -0.15) is 0 Å². The van der Waals surface area contributed by atoms with E-state index in [-0.39, 0.29) is 5.41 Å². The van der Waals surface area contributed by atoms with Gasteiger partial charge in [0.05, 0.1) is 0 Å².